The summed E-state index contributed by atoms with van der Waals surface area (Å²) in [7, 11) is 0. The van der Waals surface area contributed by atoms with Gasteiger partial charge in [-0.1, -0.05) is 23.7 Å². The Morgan fingerprint density at radius 3 is 2.64 bits per heavy atom. The van der Waals surface area contributed by atoms with E-state index in [0.29, 0.717) is 11.6 Å². The molecule has 0 spiro atoms. The molecule has 3 rings (SSSR count). The molecule has 1 amide bonds. The van der Waals surface area contributed by atoms with Crippen LogP contribution in [0, 0.1) is 0 Å². The first-order valence-corrected chi connectivity index (χ1v) is 7.77. The lowest BCUT2D eigenvalue weighted by molar-refractivity contribution is -0.116. The highest BCUT2D eigenvalue weighted by atomic mass is 35.5. The second-order valence-corrected chi connectivity index (χ2v) is 6.26. The highest BCUT2D eigenvalue weighted by Gasteiger charge is 2.54. The number of amides is 1. The molecule has 2 bridgehead atoms. The molecule has 1 aromatic rings. The lowest BCUT2D eigenvalue weighted by Crippen LogP contribution is -2.46. The van der Waals surface area contributed by atoms with Crippen molar-refractivity contribution >= 4 is 24.0 Å². The number of carbonyl (C=O) groups excluding carboxylic acids is 2. The smallest absolute Gasteiger partial charge is 0.412 e. The zero-order chi connectivity index (χ0) is 15.6. The minimum Gasteiger partial charge on any atom is -0.422 e. The van der Waals surface area contributed by atoms with Crippen LogP contribution in [0.25, 0.3) is 0 Å². The van der Waals surface area contributed by atoms with Gasteiger partial charge in [0, 0.05) is 11.1 Å². The van der Waals surface area contributed by atoms with Crippen molar-refractivity contribution in [3.63, 3.8) is 0 Å². The van der Waals surface area contributed by atoms with Gasteiger partial charge < -0.3 is 14.3 Å². The van der Waals surface area contributed by atoms with Gasteiger partial charge in [0.25, 0.3) is 0 Å². The maximum absolute atomic E-state index is 12.2. The third-order valence-electron chi connectivity index (χ3n) is 4.53. The number of ether oxygens (including phenoxy) is 2. The molecule has 22 heavy (non-hydrogen) atoms. The Bertz CT molecular complexity index is 552. The van der Waals surface area contributed by atoms with E-state index >= 15 is 0 Å². The molecule has 0 unspecified atom stereocenters. The number of hydrogen-bond acceptors (Lipinski definition) is 4. The van der Waals surface area contributed by atoms with Gasteiger partial charge in [-0.2, -0.15) is 0 Å². The van der Waals surface area contributed by atoms with Crippen LogP contribution in [0.3, 0.4) is 0 Å². The highest BCUT2D eigenvalue weighted by molar-refractivity contribution is 6.30. The van der Waals surface area contributed by atoms with E-state index in [4.69, 9.17) is 21.1 Å². The van der Waals surface area contributed by atoms with Gasteiger partial charge in [0.15, 0.2) is 6.79 Å². The van der Waals surface area contributed by atoms with Crippen molar-refractivity contribution in [2.45, 2.75) is 43.9 Å². The van der Waals surface area contributed by atoms with E-state index in [1.54, 1.807) is 17.0 Å². The van der Waals surface area contributed by atoms with Crippen LogP contribution in [0.5, 0.6) is 0 Å². The van der Waals surface area contributed by atoms with Gasteiger partial charge >= 0.3 is 6.09 Å². The molecule has 5 nitrogen and oxygen atoms in total. The average molecular weight is 324 g/mol. The SMILES string of the molecule is O=CC12CCC(CC1)N2C(=O)OCOCc1ccc(Cl)cc1. The van der Waals surface area contributed by atoms with Gasteiger partial charge in [0.2, 0.25) is 0 Å². The highest BCUT2D eigenvalue weighted by Crippen LogP contribution is 2.45. The van der Waals surface area contributed by atoms with Crippen LogP contribution in [0.1, 0.15) is 31.2 Å². The van der Waals surface area contributed by atoms with E-state index in [1.165, 1.54) is 0 Å². The van der Waals surface area contributed by atoms with Gasteiger partial charge in [-0.25, -0.2) is 4.79 Å². The van der Waals surface area contributed by atoms with E-state index in [1.807, 2.05) is 12.1 Å². The number of fused-ring (bicyclic) bond motifs is 2. The van der Waals surface area contributed by atoms with Crippen LogP contribution in [0.2, 0.25) is 5.02 Å². The number of benzene rings is 1. The van der Waals surface area contributed by atoms with Crippen LogP contribution < -0.4 is 0 Å². The summed E-state index contributed by atoms with van der Waals surface area (Å²) in [5.74, 6) is 0. The first kappa shape index (κ1) is 15.3. The molecular weight excluding hydrogens is 306 g/mol. The number of carbonyl (C=O) groups is 2. The fourth-order valence-electron chi connectivity index (χ4n) is 3.37. The van der Waals surface area contributed by atoms with Crippen LogP contribution in [0.4, 0.5) is 4.79 Å². The van der Waals surface area contributed by atoms with E-state index in [0.717, 1.165) is 37.5 Å². The molecule has 0 aromatic heterocycles. The summed E-state index contributed by atoms with van der Waals surface area (Å²) in [6, 6.07) is 7.40. The molecule has 0 saturated carbocycles. The molecule has 6 heteroatoms. The fourth-order valence-corrected chi connectivity index (χ4v) is 3.50. The summed E-state index contributed by atoms with van der Waals surface area (Å²) in [5, 5.41) is 0.666. The van der Waals surface area contributed by atoms with Gasteiger partial charge in [0.05, 0.1) is 6.61 Å². The molecule has 0 N–H and O–H groups in total. The Kier molecular flexibility index (Phi) is 4.36. The summed E-state index contributed by atoms with van der Waals surface area (Å²) in [5.41, 5.74) is 0.309. The Morgan fingerprint density at radius 2 is 2.00 bits per heavy atom. The number of halogens is 1. The number of hydrogen-bond donors (Lipinski definition) is 0. The molecule has 118 valence electrons. The third kappa shape index (κ3) is 2.83. The van der Waals surface area contributed by atoms with Crippen molar-refractivity contribution in [1.82, 2.24) is 4.90 Å². The first-order valence-electron chi connectivity index (χ1n) is 7.39. The largest absolute Gasteiger partial charge is 0.422 e. The van der Waals surface area contributed by atoms with Crippen molar-refractivity contribution in [1.29, 1.82) is 0 Å². The lowest BCUT2D eigenvalue weighted by Gasteiger charge is -2.28. The molecular formula is C16H18ClNO4. The summed E-state index contributed by atoms with van der Waals surface area (Å²) in [4.78, 5) is 25.1. The summed E-state index contributed by atoms with van der Waals surface area (Å²) in [6.07, 6.45) is 3.67. The number of rotatable bonds is 5. The standard InChI is InChI=1S/C16H18ClNO4/c17-13-3-1-12(2-4-13)9-21-11-22-15(20)18-14-5-7-16(18,10-19)8-6-14/h1-4,10,14H,5-9,11H2. The zero-order valence-electron chi connectivity index (χ0n) is 12.2. The third-order valence-corrected chi connectivity index (χ3v) is 4.78. The van der Waals surface area contributed by atoms with E-state index in [9.17, 15) is 9.59 Å². The average Bonchev–Trinajstić information content (AvgIpc) is 3.09. The van der Waals surface area contributed by atoms with Crippen molar-refractivity contribution in [3.05, 3.63) is 34.9 Å². The second kappa shape index (κ2) is 6.26. The van der Waals surface area contributed by atoms with E-state index in [-0.39, 0.29) is 12.8 Å². The van der Waals surface area contributed by atoms with Gasteiger partial charge in [0.1, 0.15) is 11.8 Å². The van der Waals surface area contributed by atoms with Gasteiger partial charge in [-0.05, 0) is 43.4 Å². The summed E-state index contributed by atoms with van der Waals surface area (Å²) >= 11 is 5.80. The second-order valence-electron chi connectivity index (χ2n) is 5.83. The Balaban J connectivity index is 1.47. The lowest BCUT2D eigenvalue weighted by atomic mass is 9.89. The topological polar surface area (TPSA) is 55.8 Å². The Morgan fingerprint density at radius 1 is 1.32 bits per heavy atom. The minimum atomic E-state index is -0.641. The molecule has 2 heterocycles. The molecule has 2 saturated heterocycles. The predicted octanol–water partition coefficient (Wildman–Crippen LogP) is 3.15. The zero-order valence-corrected chi connectivity index (χ0v) is 12.9. The molecule has 2 aliphatic rings. The Hall–Kier alpha value is -1.59. The van der Waals surface area contributed by atoms with E-state index < -0.39 is 11.6 Å². The molecule has 0 radical (unpaired) electrons. The number of aldehydes is 1. The van der Waals surface area contributed by atoms with Crippen LogP contribution >= 0.6 is 11.6 Å². The van der Waals surface area contributed by atoms with Gasteiger partial charge in [-0.15, -0.1) is 0 Å². The molecule has 2 aliphatic heterocycles. The number of nitrogens with zero attached hydrogens (tertiary/aromatic N) is 1. The Labute approximate surface area is 134 Å². The molecule has 0 atom stereocenters. The molecule has 1 aromatic carbocycles. The first-order chi connectivity index (χ1) is 10.6. The summed E-state index contributed by atoms with van der Waals surface area (Å²) < 4.78 is 10.5. The van der Waals surface area contributed by atoms with Crippen molar-refractivity contribution in [3.8, 4) is 0 Å². The van der Waals surface area contributed by atoms with Crippen molar-refractivity contribution < 1.29 is 19.1 Å². The maximum Gasteiger partial charge on any atom is 0.412 e. The normalized spacial score (nSPS) is 26.2. The van der Waals surface area contributed by atoms with Gasteiger partial charge in [-0.3, -0.25) is 4.90 Å². The van der Waals surface area contributed by atoms with Crippen molar-refractivity contribution in [2.24, 2.45) is 0 Å². The molecule has 0 aliphatic carbocycles. The van der Waals surface area contributed by atoms with Crippen molar-refractivity contribution in [2.75, 3.05) is 6.79 Å². The summed E-state index contributed by atoms with van der Waals surface area (Å²) in [6.45, 7) is 0.215. The van der Waals surface area contributed by atoms with Crippen LogP contribution in [0.15, 0.2) is 24.3 Å². The monoisotopic (exact) mass is 323 g/mol. The van der Waals surface area contributed by atoms with Crippen LogP contribution in [-0.4, -0.2) is 35.7 Å². The molecule has 2 fully saturated rings. The minimum absolute atomic E-state index is 0.125. The van der Waals surface area contributed by atoms with Crippen LogP contribution in [-0.2, 0) is 20.9 Å². The van der Waals surface area contributed by atoms with E-state index in [2.05, 4.69) is 0 Å². The predicted molar refractivity (Wildman–Crippen MR) is 80.5 cm³/mol. The maximum atomic E-state index is 12.2. The fraction of sp³-hybridized carbons (Fsp3) is 0.500. The quantitative estimate of drug-likeness (QED) is 0.474.